The lowest BCUT2D eigenvalue weighted by Crippen LogP contribution is -2.55. The maximum absolute atomic E-state index is 12.4. The van der Waals surface area contributed by atoms with Crippen molar-refractivity contribution in [3.63, 3.8) is 0 Å². The van der Waals surface area contributed by atoms with Gasteiger partial charge in [0.05, 0.1) is 19.3 Å². The van der Waals surface area contributed by atoms with Crippen LogP contribution in [0.2, 0.25) is 0 Å². The highest BCUT2D eigenvalue weighted by atomic mass is 16.5. The molecule has 1 amide bonds. The number of hydrogen-bond donors (Lipinski definition) is 2. The summed E-state index contributed by atoms with van der Waals surface area (Å²) in [5, 5.41) is 11.8. The zero-order valence-electron chi connectivity index (χ0n) is 14.3. The van der Waals surface area contributed by atoms with Crippen LogP contribution in [0, 0.1) is 0 Å². The first-order valence-corrected chi connectivity index (χ1v) is 7.54. The van der Waals surface area contributed by atoms with E-state index in [1.165, 1.54) is 20.2 Å². The fourth-order valence-corrected chi connectivity index (χ4v) is 2.27. The topological polar surface area (TPSA) is 97.8 Å². The predicted molar refractivity (Wildman–Crippen MR) is 91.6 cm³/mol. The summed E-state index contributed by atoms with van der Waals surface area (Å²) in [4.78, 5) is 27.9. The van der Waals surface area contributed by atoms with Crippen molar-refractivity contribution >= 4 is 11.9 Å². The van der Waals surface area contributed by atoms with Gasteiger partial charge in [-0.15, -0.1) is 0 Å². The molecule has 132 valence electrons. The van der Waals surface area contributed by atoms with E-state index in [2.05, 4.69) is 10.3 Å². The summed E-state index contributed by atoms with van der Waals surface area (Å²) in [6.07, 6.45) is 3.02. The highest BCUT2D eigenvalue weighted by Gasteiger charge is 2.35. The fourth-order valence-electron chi connectivity index (χ4n) is 2.27. The minimum Gasteiger partial charge on any atom is -0.497 e. The molecule has 0 saturated heterocycles. The van der Waals surface area contributed by atoms with Crippen LogP contribution in [-0.2, 0) is 9.53 Å². The van der Waals surface area contributed by atoms with E-state index in [0.717, 1.165) is 16.9 Å². The number of benzene rings is 1. The normalized spacial score (nSPS) is 12.9. The molecule has 1 aromatic heterocycles. The lowest BCUT2D eigenvalue weighted by molar-refractivity contribution is -0.145. The molecule has 2 N–H and O–H groups in total. The number of carboxylic acids is 1. The van der Waals surface area contributed by atoms with E-state index in [9.17, 15) is 14.7 Å². The zero-order chi connectivity index (χ0) is 18.4. The number of carbonyl (C=O) groups is 2. The number of methoxy groups -OCH3 is 2. The third-order valence-corrected chi connectivity index (χ3v) is 3.72. The summed E-state index contributed by atoms with van der Waals surface area (Å²) in [7, 11) is 2.96. The Morgan fingerprint density at radius 3 is 2.40 bits per heavy atom. The second-order valence-electron chi connectivity index (χ2n) is 5.72. The van der Waals surface area contributed by atoms with E-state index in [0.29, 0.717) is 0 Å². The van der Waals surface area contributed by atoms with Gasteiger partial charge in [-0.25, -0.2) is 4.79 Å². The molecule has 0 bridgehead atoms. The summed E-state index contributed by atoms with van der Waals surface area (Å²) < 4.78 is 10.0. The molecule has 0 spiro atoms. The molecule has 1 aromatic carbocycles. The van der Waals surface area contributed by atoms with E-state index >= 15 is 0 Å². The molecule has 2 aromatic rings. The number of carboxylic acid groups (broad SMARTS) is 1. The van der Waals surface area contributed by atoms with Gasteiger partial charge in [-0.2, -0.15) is 0 Å². The molecule has 0 saturated carbocycles. The summed E-state index contributed by atoms with van der Waals surface area (Å²) in [5.41, 5.74) is 0.332. The summed E-state index contributed by atoms with van der Waals surface area (Å²) in [6.45, 7) is 1.23. The minimum atomic E-state index is -1.53. The van der Waals surface area contributed by atoms with Gasteiger partial charge < -0.3 is 19.9 Å². The maximum Gasteiger partial charge on any atom is 0.331 e. The standard InChI is InChI=1S/C18H20N2O5/c1-18(11-24-2,17(22)23)20-16(21)14-8-13(9-19-10-14)12-4-6-15(25-3)7-5-12/h4-10H,11H2,1-3H3,(H,20,21)(H,22,23). The van der Waals surface area contributed by atoms with Crippen LogP contribution in [0.1, 0.15) is 17.3 Å². The number of aromatic nitrogens is 1. The van der Waals surface area contributed by atoms with Crippen molar-refractivity contribution in [3.05, 3.63) is 48.3 Å². The second kappa shape index (κ2) is 7.76. The molecule has 0 aliphatic heterocycles. The molecule has 0 fully saturated rings. The van der Waals surface area contributed by atoms with Crippen molar-refractivity contribution in [2.45, 2.75) is 12.5 Å². The monoisotopic (exact) mass is 344 g/mol. The molecule has 0 aliphatic rings. The Balaban J connectivity index is 2.25. The number of nitrogens with zero attached hydrogens (tertiary/aromatic N) is 1. The largest absolute Gasteiger partial charge is 0.497 e. The highest BCUT2D eigenvalue weighted by molar-refractivity contribution is 5.98. The molecule has 2 rings (SSSR count). The molecule has 1 heterocycles. The number of pyridine rings is 1. The number of carbonyl (C=O) groups excluding carboxylic acids is 1. The molecule has 1 atom stereocenters. The third kappa shape index (κ3) is 4.33. The number of hydrogen-bond acceptors (Lipinski definition) is 5. The van der Waals surface area contributed by atoms with Crippen LogP contribution in [0.15, 0.2) is 42.7 Å². The van der Waals surface area contributed by atoms with Gasteiger partial charge >= 0.3 is 5.97 Å². The Bertz CT molecular complexity index is 760. The number of rotatable bonds is 7. The van der Waals surface area contributed by atoms with Crippen LogP contribution in [-0.4, -0.2) is 48.3 Å². The van der Waals surface area contributed by atoms with Gasteiger partial charge in [0.1, 0.15) is 5.75 Å². The first-order valence-electron chi connectivity index (χ1n) is 7.54. The van der Waals surface area contributed by atoms with E-state index in [1.807, 2.05) is 24.3 Å². The predicted octanol–water partition coefficient (Wildman–Crippen LogP) is 1.98. The van der Waals surface area contributed by atoms with Gasteiger partial charge in [-0.1, -0.05) is 12.1 Å². The third-order valence-electron chi connectivity index (χ3n) is 3.72. The smallest absolute Gasteiger partial charge is 0.331 e. The van der Waals surface area contributed by atoms with Crippen molar-refractivity contribution in [3.8, 4) is 16.9 Å². The fraction of sp³-hybridized carbons (Fsp3) is 0.278. The number of nitrogens with one attached hydrogen (secondary N) is 1. The molecule has 0 aliphatic carbocycles. The van der Waals surface area contributed by atoms with Crippen molar-refractivity contribution in [2.24, 2.45) is 0 Å². The van der Waals surface area contributed by atoms with Gasteiger partial charge in [0.15, 0.2) is 5.54 Å². The van der Waals surface area contributed by atoms with Gasteiger partial charge in [-0.3, -0.25) is 9.78 Å². The number of aliphatic carboxylic acids is 1. The average Bonchev–Trinajstić information content (AvgIpc) is 2.62. The first-order chi connectivity index (χ1) is 11.9. The summed E-state index contributed by atoms with van der Waals surface area (Å²) >= 11 is 0. The van der Waals surface area contributed by atoms with E-state index in [-0.39, 0.29) is 12.2 Å². The van der Waals surface area contributed by atoms with Crippen LogP contribution in [0.5, 0.6) is 5.75 Å². The Morgan fingerprint density at radius 2 is 1.84 bits per heavy atom. The Kier molecular flexibility index (Phi) is 5.71. The molecule has 7 nitrogen and oxygen atoms in total. The number of ether oxygens (including phenoxy) is 2. The van der Waals surface area contributed by atoms with Crippen LogP contribution in [0.4, 0.5) is 0 Å². The highest BCUT2D eigenvalue weighted by Crippen LogP contribution is 2.22. The van der Waals surface area contributed by atoms with Crippen molar-refractivity contribution in [1.82, 2.24) is 10.3 Å². The van der Waals surface area contributed by atoms with Crippen molar-refractivity contribution in [1.29, 1.82) is 0 Å². The van der Waals surface area contributed by atoms with E-state index in [4.69, 9.17) is 9.47 Å². The Labute approximate surface area is 145 Å². The minimum absolute atomic E-state index is 0.153. The second-order valence-corrected chi connectivity index (χ2v) is 5.72. The Morgan fingerprint density at radius 1 is 1.16 bits per heavy atom. The van der Waals surface area contributed by atoms with Gasteiger partial charge in [0, 0.05) is 25.1 Å². The lowest BCUT2D eigenvalue weighted by Gasteiger charge is -2.25. The summed E-state index contributed by atoms with van der Waals surface area (Å²) in [5.74, 6) is -0.992. The van der Waals surface area contributed by atoms with Crippen LogP contribution >= 0.6 is 0 Å². The van der Waals surface area contributed by atoms with E-state index < -0.39 is 17.4 Å². The van der Waals surface area contributed by atoms with E-state index in [1.54, 1.807) is 19.4 Å². The molecular formula is C18H20N2O5. The molecular weight excluding hydrogens is 324 g/mol. The Hall–Kier alpha value is -2.93. The van der Waals surface area contributed by atoms with Gasteiger partial charge in [0.2, 0.25) is 0 Å². The maximum atomic E-state index is 12.4. The lowest BCUT2D eigenvalue weighted by atomic mass is 10.0. The number of amides is 1. The van der Waals surface area contributed by atoms with Crippen LogP contribution in [0.3, 0.4) is 0 Å². The quantitative estimate of drug-likeness (QED) is 0.797. The van der Waals surface area contributed by atoms with Gasteiger partial charge in [0.25, 0.3) is 5.91 Å². The van der Waals surface area contributed by atoms with Crippen LogP contribution in [0.25, 0.3) is 11.1 Å². The van der Waals surface area contributed by atoms with Crippen molar-refractivity contribution < 1.29 is 24.2 Å². The molecule has 25 heavy (non-hydrogen) atoms. The SMILES string of the molecule is COCC(C)(NC(=O)c1cncc(-c2ccc(OC)cc2)c1)C(=O)O. The molecule has 7 heteroatoms. The first kappa shape index (κ1) is 18.4. The van der Waals surface area contributed by atoms with Crippen LogP contribution < -0.4 is 10.1 Å². The van der Waals surface area contributed by atoms with Crippen molar-refractivity contribution in [2.75, 3.05) is 20.8 Å². The molecule has 1 unspecified atom stereocenters. The average molecular weight is 344 g/mol. The molecule has 0 radical (unpaired) electrons. The zero-order valence-corrected chi connectivity index (χ0v) is 14.3. The summed E-state index contributed by atoms with van der Waals surface area (Å²) in [6, 6.07) is 8.97. The van der Waals surface area contributed by atoms with Gasteiger partial charge in [-0.05, 0) is 30.7 Å².